The molecule has 0 bridgehead atoms. The van der Waals surface area contributed by atoms with Gasteiger partial charge in [-0.15, -0.1) is 12.4 Å². The fourth-order valence-electron chi connectivity index (χ4n) is 2.15. The van der Waals surface area contributed by atoms with E-state index in [0.717, 1.165) is 30.9 Å². The highest BCUT2D eigenvalue weighted by Gasteiger charge is 2.16. The molecule has 3 N–H and O–H groups in total. The number of hydrogen-bond donors (Lipinski definition) is 1. The highest BCUT2D eigenvalue weighted by molar-refractivity contribution is 5.85. The zero-order chi connectivity index (χ0) is 9.54. The highest BCUT2D eigenvalue weighted by atomic mass is 35.5. The van der Waals surface area contributed by atoms with E-state index in [1.807, 2.05) is 0 Å². The molecular weight excluding hydrogens is 226 g/mol. The highest BCUT2D eigenvalue weighted by Crippen LogP contribution is 2.28. The van der Waals surface area contributed by atoms with Gasteiger partial charge in [0.1, 0.15) is 11.3 Å². The van der Waals surface area contributed by atoms with Gasteiger partial charge < -0.3 is 15.2 Å². The number of nitrogens with one attached hydrogen (secondary N) is 1. The number of halogens is 1. The van der Waals surface area contributed by atoms with Gasteiger partial charge in [0.15, 0.2) is 0 Å². The van der Waals surface area contributed by atoms with Gasteiger partial charge in [0.25, 0.3) is 0 Å². The van der Waals surface area contributed by atoms with Crippen LogP contribution in [0.25, 0.3) is 11.0 Å². The van der Waals surface area contributed by atoms with E-state index in [0.29, 0.717) is 0 Å². The van der Waals surface area contributed by atoms with Crippen molar-refractivity contribution in [3.8, 4) is 0 Å². The molecule has 1 aliphatic heterocycles. The van der Waals surface area contributed by atoms with Crippen LogP contribution >= 0.6 is 12.4 Å². The predicted molar refractivity (Wildman–Crippen MR) is 67.2 cm³/mol. The third-order valence-electron chi connectivity index (χ3n) is 2.87. The third kappa shape index (κ3) is 1.94. The molecule has 0 spiro atoms. The maximum atomic E-state index is 5.78. The Morgan fingerprint density at radius 2 is 2.12 bits per heavy atom. The summed E-state index contributed by atoms with van der Waals surface area (Å²) in [5.41, 5.74) is 3.74. The number of hydrogen-bond acceptors (Lipinski definition) is 2. The SMILES string of the molecule is Cc1ccc2oc3c(c2c1)CCNC3.Cl.O. The largest absolute Gasteiger partial charge is 0.459 e. The molecule has 0 radical (unpaired) electrons. The molecule has 0 saturated heterocycles. The Hall–Kier alpha value is -1.03. The summed E-state index contributed by atoms with van der Waals surface area (Å²) in [6.07, 6.45) is 1.09. The zero-order valence-corrected chi connectivity index (χ0v) is 9.99. The lowest BCUT2D eigenvalue weighted by Gasteiger charge is -2.10. The summed E-state index contributed by atoms with van der Waals surface area (Å²) < 4.78 is 5.78. The van der Waals surface area contributed by atoms with E-state index >= 15 is 0 Å². The van der Waals surface area contributed by atoms with E-state index in [-0.39, 0.29) is 17.9 Å². The molecule has 0 aliphatic carbocycles. The van der Waals surface area contributed by atoms with E-state index in [4.69, 9.17) is 4.42 Å². The van der Waals surface area contributed by atoms with Crippen LogP contribution in [-0.4, -0.2) is 12.0 Å². The van der Waals surface area contributed by atoms with Crippen LogP contribution in [0, 0.1) is 6.92 Å². The van der Waals surface area contributed by atoms with Crippen molar-refractivity contribution in [1.29, 1.82) is 0 Å². The van der Waals surface area contributed by atoms with Crippen molar-refractivity contribution < 1.29 is 9.89 Å². The fourth-order valence-corrected chi connectivity index (χ4v) is 2.15. The fraction of sp³-hybridized carbons (Fsp3) is 0.333. The standard InChI is InChI=1S/C12H13NO.ClH.H2O/c1-8-2-3-11-10(6-8)9-4-5-13-7-12(9)14-11;;/h2-3,6,13H,4-5,7H2,1H3;1H;1H2. The van der Waals surface area contributed by atoms with Gasteiger partial charge in [0, 0.05) is 10.9 Å². The van der Waals surface area contributed by atoms with Gasteiger partial charge in [-0.3, -0.25) is 0 Å². The lowest BCUT2D eigenvalue weighted by molar-refractivity contribution is 0.488. The van der Waals surface area contributed by atoms with E-state index in [1.54, 1.807) is 0 Å². The van der Waals surface area contributed by atoms with Crippen molar-refractivity contribution in [2.75, 3.05) is 6.54 Å². The summed E-state index contributed by atoms with van der Waals surface area (Å²) in [5.74, 6) is 1.12. The number of rotatable bonds is 0. The molecule has 1 aromatic carbocycles. The molecule has 0 saturated carbocycles. The molecule has 16 heavy (non-hydrogen) atoms. The third-order valence-corrected chi connectivity index (χ3v) is 2.87. The minimum absolute atomic E-state index is 0. The first kappa shape index (κ1) is 13.0. The summed E-state index contributed by atoms with van der Waals surface area (Å²) >= 11 is 0. The first-order valence-electron chi connectivity index (χ1n) is 5.06. The molecule has 1 aromatic heterocycles. The Bertz CT molecular complexity index is 493. The second-order valence-electron chi connectivity index (χ2n) is 3.93. The van der Waals surface area contributed by atoms with Crippen molar-refractivity contribution in [1.82, 2.24) is 5.32 Å². The van der Waals surface area contributed by atoms with Gasteiger partial charge >= 0.3 is 0 Å². The Balaban J connectivity index is 0.000000640. The molecule has 0 fully saturated rings. The van der Waals surface area contributed by atoms with Gasteiger partial charge in [0.2, 0.25) is 0 Å². The molecule has 2 heterocycles. The summed E-state index contributed by atoms with van der Waals surface area (Å²) in [6.45, 7) is 4.07. The average Bonchev–Trinajstić information content (AvgIpc) is 2.56. The van der Waals surface area contributed by atoms with E-state index in [2.05, 4.69) is 30.4 Å². The van der Waals surface area contributed by atoms with Crippen LogP contribution in [0.5, 0.6) is 0 Å². The number of fused-ring (bicyclic) bond motifs is 3. The number of benzene rings is 1. The van der Waals surface area contributed by atoms with E-state index in [1.165, 1.54) is 16.5 Å². The van der Waals surface area contributed by atoms with E-state index < -0.39 is 0 Å². The lowest BCUT2D eigenvalue weighted by atomic mass is 10.0. The molecule has 88 valence electrons. The van der Waals surface area contributed by atoms with Crippen LogP contribution in [0.4, 0.5) is 0 Å². The van der Waals surface area contributed by atoms with Crippen LogP contribution in [0.2, 0.25) is 0 Å². The van der Waals surface area contributed by atoms with Crippen LogP contribution in [-0.2, 0) is 13.0 Å². The lowest BCUT2D eigenvalue weighted by Crippen LogP contribution is -2.22. The molecule has 0 unspecified atom stereocenters. The van der Waals surface area contributed by atoms with Gasteiger partial charge in [-0.05, 0) is 32.0 Å². The van der Waals surface area contributed by atoms with Crippen LogP contribution in [0.15, 0.2) is 22.6 Å². The van der Waals surface area contributed by atoms with Gasteiger partial charge in [0.05, 0.1) is 6.54 Å². The van der Waals surface area contributed by atoms with Crippen molar-refractivity contribution in [3.05, 3.63) is 35.1 Å². The van der Waals surface area contributed by atoms with Crippen LogP contribution < -0.4 is 5.32 Å². The minimum atomic E-state index is 0. The quantitative estimate of drug-likeness (QED) is 0.767. The molecule has 0 amide bonds. The molecule has 4 heteroatoms. The van der Waals surface area contributed by atoms with Gasteiger partial charge in [-0.2, -0.15) is 0 Å². The minimum Gasteiger partial charge on any atom is -0.459 e. The topological polar surface area (TPSA) is 56.7 Å². The van der Waals surface area contributed by atoms with Crippen LogP contribution in [0.3, 0.4) is 0 Å². The predicted octanol–water partition coefficient (Wildman–Crippen LogP) is 1.98. The molecule has 2 aromatic rings. The second-order valence-corrected chi connectivity index (χ2v) is 3.93. The summed E-state index contributed by atoms with van der Waals surface area (Å²) in [5, 5.41) is 4.63. The Morgan fingerprint density at radius 3 is 2.94 bits per heavy atom. The van der Waals surface area contributed by atoms with Crippen molar-refractivity contribution in [3.63, 3.8) is 0 Å². The molecule has 1 aliphatic rings. The Morgan fingerprint density at radius 1 is 1.31 bits per heavy atom. The maximum Gasteiger partial charge on any atom is 0.134 e. The molecule has 3 nitrogen and oxygen atoms in total. The van der Waals surface area contributed by atoms with Crippen molar-refractivity contribution in [2.45, 2.75) is 19.9 Å². The average molecular weight is 242 g/mol. The Kier molecular flexibility index (Phi) is 3.97. The number of aryl methyl sites for hydroxylation is 1. The summed E-state index contributed by atoms with van der Waals surface area (Å²) in [7, 11) is 0. The maximum absolute atomic E-state index is 5.78. The molecule has 3 rings (SSSR count). The summed E-state index contributed by atoms with van der Waals surface area (Å²) in [6, 6.07) is 6.40. The second kappa shape index (κ2) is 4.87. The smallest absolute Gasteiger partial charge is 0.134 e. The van der Waals surface area contributed by atoms with Gasteiger partial charge in [-0.1, -0.05) is 11.6 Å². The number of furan rings is 1. The van der Waals surface area contributed by atoms with Crippen molar-refractivity contribution >= 4 is 23.4 Å². The first-order chi connectivity index (χ1) is 6.84. The Labute approximate surface area is 101 Å². The molecule has 0 atom stereocenters. The summed E-state index contributed by atoms with van der Waals surface area (Å²) in [4.78, 5) is 0. The molecular formula is C12H16ClNO2. The van der Waals surface area contributed by atoms with Crippen LogP contribution in [0.1, 0.15) is 16.9 Å². The van der Waals surface area contributed by atoms with Gasteiger partial charge in [-0.25, -0.2) is 0 Å². The monoisotopic (exact) mass is 241 g/mol. The van der Waals surface area contributed by atoms with Crippen molar-refractivity contribution in [2.24, 2.45) is 0 Å². The normalized spacial score (nSPS) is 13.8. The van der Waals surface area contributed by atoms with E-state index in [9.17, 15) is 0 Å². The first-order valence-corrected chi connectivity index (χ1v) is 5.06. The zero-order valence-electron chi connectivity index (χ0n) is 9.17.